The van der Waals surface area contributed by atoms with E-state index in [0.29, 0.717) is 5.02 Å². The Hall–Kier alpha value is -1.94. The van der Waals surface area contributed by atoms with E-state index < -0.39 is 0 Å². The Kier molecular flexibility index (Phi) is 5.21. The molecule has 1 atom stereocenters. The molecular weight excluding hydrogens is 383 g/mol. The second-order valence-electron chi connectivity index (χ2n) is 6.01. The molecule has 0 saturated carbocycles. The molecule has 0 aliphatic carbocycles. The van der Waals surface area contributed by atoms with E-state index in [0.717, 1.165) is 16.5 Å². The fraction of sp³-hybridized carbons (Fsp3) is 0.0952. The maximum atomic E-state index is 6.43. The lowest BCUT2D eigenvalue weighted by molar-refractivity contribution is 0.686. The summed E-state index contributed by atoms with van der Waals surface area (Å²) in [6, 6.07) is 20.5. The number of hydrogen-bond donors (Lipinski definition) is 0. The number of rotatable bonds is 5. The van der Waals surface area contributed by atoms with E-state index in [4.69, 9.17) is 23.2 Å². The molecule has 4 aromatic rings. The first kappa shape index (κ1) is 17.5. The average Bonchev–Trinajstić information content (AvgIpc) is 3.17. The molecule has 3 aromatic carbocycles. The van der Waals surface area contributed by atoms with Gasteiger partial charge in [0.2, 0.25) is 0 Å². The first-order valence-electron chi connectivity index (χ1n) is 8.26. The highest BCUT2D eigenvalue weighted by Gasteiger charge is 2.18. The van der Waals surface area contributed by atoms with Crippen LogP contribution in [0.2, 0.25) is 10.0 Å². The number of aromatic nitrogens is 2. The van der Waals surface area contributed by atoms with Crippen molar-refractivity contribution in [2.24, 2.45) is 0 Å². The quantitative estimate of drug-likeness (QED) is 0.341. The third-order valence-corrected chi connectivity index (χ3v) is 6.22. The van der Waals surface area contributed by atoms with Crippen molar-refractivity contribution in [3.8, 4) is 0 Å². The van der Waals surface area contributed by atoms with Crippen molar-refractivity contribution in [1.29, 1.82) is 0 Å². The van der Waals surface area contributed by atoms with Crippen LogP contribution in [0, 0.1) is 0 Å². The summed E-state index contributed by atoms with van der Waals surface area (Å²) in [7, 11) is 0. The van der Waals surface area contributed by atoms with E-state index in [1.54, 1.807) is 18.0 Å². The minimum absolute atomic E-state index is 0.172. The fourth-order valence-corrected chi connectivity index (χ4v) is 4.79. The summed E-state index contributed by atoms with van der Waals surface area (Å²) in [5.74, 6) is 0. The Morgan fingerprint density at radius 2 is 1.85 bits per heavy atom. The molecule has 130 valence electrons. The Bertz CT molecular complexity index is 1030. The standard InChI is InChI=1S/C21H16Cl2N2S/c22-16-8-9-19(23)20(12-16)26-21(13-25-11-10-24-14-25)18-7-3-5-15-4-1-2-6-17(15)18/h1-12,14,21H,13H2. The fourth-order valence-electron chi connectivity index (χ4n) is 3.04. The molecule has 0 spiro atoms. The van der Waals surface area contributed by atoms with Crippen molar-refractivity contribution in [1.82, 2.24) is 9.55 Å². The normalized spacial score (nSPS) is 12.4. The smallest absolute Gasteiger partial charge is 0.0946 e. The van der Waals surface area contributed by atoms with Gasteiger partial charge in [-0.15, -0.1) is 11.8 Å². The molecule has 1 heterocycles. The zero-order chi connectivity index (χ0) is 17.9. The molecule has 26 heavy (non-hydrogen) atoms. The van der Waals surface area contributed by atoms with Gasteiger partial charge in [0.05, 0.1) is 16.6 Å². The van der Waals surface area contributed by atoms with Crippen LogP contribution in [0.4, 0.5) is 0 Å². The number of imidazole rings is 1. The number of hydrogen-bond acceptors (Lipinski definition) is 2. The largest absolute Gasteiger partial charge is 0.336 e. The van der Waals surface area contributed by atoms with Gasteiger partial charge in [0, 0.05) is 28.9 Å². The van der Waals surface area contributed by atoms with Gasteiger partial charge in [-0.2, -0.15) is 0 Å². The van der Waals surface area contributed by atoms with E-state index in [2.05, 4.69) is 52.0 Å². The second kappa shape index (κ2) is 7.75. The lowest BCUT2D eigenvalue weighted by Gasteiger charge is -2.20. The molecular formula is C21H16Cl2N2S. The highest BCUT2D eigenvalue weighted by atomic mass is 35.5. The van der Waals surface area contributed by atoms with E-state index in [1.807, 2.05) is 30.7 Å². The molecule has 1 unspecified atom stereocenters. The van der Waals surface area contributed by atoms with E-state index >= 15 is 0 Å². The van der Waals surface area contributed by atoms with Gasteiger partial charge >= 0.3 is 0 Å². The lowest BCUT2D eigenvalue weighted by atomic mass is 10.0. The van der Waals surface area contributed by atoms with E-state index in [1.165, 1.54) is 16.3 Å². The van der Waals surface area contributed by atoms with Crippen LogP contribution in [0.25, 0.3) is 10.8 Å². The summed E-state index contributed by atoms with van der Waals surface area (Å²) in [6.45, 7) is 0.793. The molecule has 0 saturated heterocycles. The van der Waals surface area contributed by atoms with Gasteiger partial charge in [-0.1, -0.05) is 65.7 Å². The number of nitrogens with zero attached hydrogens (tertiary/aromatic N) is 2. The monoisotopic (exact) mass is 398 g/mol. The van der Waals surface area contributed by atoms with Crippen LogP contribution in [0.5, 0.6) is 0 Å². The molecule has 0 radical (unpaired) electrons. The van der Waals surface area contributed by atoms with Gasteiger partial charge in [-0.25, -0.2) is 4.98 Å². The molecule has 0 N–H and O–H groups in total. The van der Waals surface area contributed by atoms with Gasteiger partial charge in [0.1, 0.15) is 0 Å². The molecule has 5 heteroatoms. The maximum Gasteiger partial charge on any atom is 0.0946 e. The predicted octanol–water partition coefficient (Wildman–Crippen LogP) is 6.88. The van der Waals surface area contributed by atoms with Crippen molar-refractivity contribution in [2.45, 2.75) is 16.7 Å². The van der Waals surface area contributed by atoms with Crippen molar-refractivity contribution in [3.63, 3.8) is 0 Å². The first-order valence-corrected chi connectivity index (χ1v) is 9.89. The number of fused-ring (bicyclic) bond motifs is 1. The van der Waals surface area contributed by atoms with Crippen LogP contribution in [0.3, 0.4) is 0 Å². The van der Waals surface area contributed by atoms with Crippen molar-refractivity contribution < 1.29 is 0 Å². The van der Waals surface area contributed by atoms with Gasteiger partial charge in [-0.05, 0) is 34.5 Å². The molecule has 0 bridgehead atoms. The summed E-state index contributed by atoms with van der Waals surface area (Å²) in [5, 5.41) is 4.07. The summed E-state index contributed by atoms with van der Waals surface area (Å²) < 4.78 is 2.10. The third-order valence-electron chi connectivity index (χ3n) is 4.27. The molecule has 0 aliphatic rings. The lowest BCUT2D eigenvalue weighted by Crippen LogP contribution is -2.05. The summed E-state index contributed by atoms with van der Waals surface area (Å²) in [5.41, 5.74) is 1.28. The Labute approximate surface area is 166 Å². The van der Waals surface area contributed by atoms with Crippen LogP contribution >= 0.6 is 35.0 Å². The van der Waals surface area contributed by atoms with Crippen LogP contribution < -0.4 is 0 Å². The van der Waals surface area contributed by atoms with Crippen molar-refractivity contribution in [3.05, 3.63) is 95.0 Å². The van der Waals surface area contributed by atoms with Crippen LogP contribution in [0.1, 0.15) is 10.8 Å². The molecule has 2 nitrogen and oxygen atoms in total. The topological polar surface area (TPSA) is 17.8 Å². The second-order valence-corrected chi connectivity index (χ2v) is 8.10. The predicted molar refractivity (Wildman–Crippen MR) is 111 cm³/mol. The van der Waals surface area contributed by atoms with Crippen LogP contribution in [0.15, 0.2) is 84.3 Å². The Morgan fingerprint density at radius 3 is 2.69 bits per heavy atom. The summed E-state index contributed by atoms with van der Waals surface area (Å²) in [4.78, 5) is 5.16. The molecule has 4 rings (SSSR count). The Balaban J connectivity index is 1.78. The number of benzene rings is 3. The zero-order valence-corrected chi connectivity index (χ0v) is 16.2. The minimum Gasteiger partial charge on any atom is -0.336 e. The molecule has 0 aliphatic heterocycles. The van der Waals surface area contributed by atoms with Crippen molar-refractivity contribution >= 4 is 45.7 Å². The average molecular weight is 399 g/mol. The van der Waals surface area contributed by atoms with Crippen LogP contribution in [-0.4, -0.2) is 9.55 Å². The molecule has 1 aromatic heterocycles. The van der Waals surface area contributed by atoms with Crippen molar-refractivity contribution in [2.75, 3.05) is 0 Å². The highest BCUT2D eigenvalue weighted by Crippen LogP contribution is 2.42. The van der Waals surface area contributed by atoms with Crippen LogP contribution in [-0.2, 0) is 6.54 Å². The summed E-state index contributed by atoms with van der Waals surface area (Å²) in [6.07, 6.45) is 5.63. The summed E-state index contributed by atoms with van der Waals surface area (Å²) >= 11 is 14.4. The number of halogens is 2. The minimum atomic E-state index is 0.172. The molecule has 0 fully saturated rings. The van der Waals surface area contributed by atoms with Gasteiger partial charge in [0.15, 0.2) is 0 Å². The Morgan fingerprint density at radius 1 is 1.00 bits per heavy atom. The van der Waals surface area contributed by atoms with Gasteiger partial charge in [-0.3, -0.25) is 0 Å². The SMILES string of the molecule is Clc1ccc(Cl)c(SC(Cn2ccnc2)c2cccc3ccccc23)c1. The van der Waals surface area contributed by atoms with Gasteiger partial charge < -0.3 is 4.57 Å². The maximum absolute atomic E-state index is 6.43. The first-order chi connectivity index (χ1) is 12.7. The van der Waals surface area contributed by atoms with E-state index in [9.17, 15) is 0 Å². The highest BCUT2D eigenvalue weighted by molar-refractivity contribution is 7.99. The zero-order valence-electron chi connectivity index (χ0n) is 13.8. The number of thioether (sulfide) groups is 1. The third kappa shape index (κ3) is 3.75. The van der Waals surface area contributed by atoms with E-state index in [-0.39, 0.29) is 5.25 Å². The molecule has 0 amide bonds. The van der Waals surface area contributed by atoms with Gasteiger partial charge in [0.25, 0.3) is 0 Å².